The highest BCUT2D eigenvalue weighted by Crippen LogP contribution is 2.32. The Morgan fingerprint density at radius 3 is 2.65 bits per heavy atom. The second-order valence-corrected chi connectivity index (χ2v) is 4.70. The molecule has 0 aliphatic carbocycles. The summed E-state index contributed by atoms with van der Waals surface area (Å²) in [5.74, 6) is -0.505. The van der Waals surface area contributed by atoms with Gasteiger partial charge in [0, 0.05) is 5.56 Å². The fraction of sp³-hybridized carbons (Fsp3) is 0.133. The van der Waals surface area contributed by atoms with Gasteiger partial charge in [0.2, 0.25) is 0 Å². The lowest BCUT2D eigenvalue weighted by Gasteiger charge is -2.12. The van der Waals surface area contributed by atoms with Crippen molar-refractivity contribution in [1.82, 2.24) is 0 Å². The van der Waals surface area contributed by atoms with Crippen molar-refractivity contribution in [2.24, 2.45) is 0 Å². The molecule has 0 saturated carbocycles. The van der Waals surface area contributed by atoms with E-state index in [-0.39, 0.29) is 5.02 Å². The lowest BCUT2D eigenvalue weighted by Crippen LogP contribution is -2.08. The number of carboxylic acid groups (broad SMARTS) is 1. The highest BCUT2D eigenvalue weighted by molar-refractivity contribution is 6.31. The van der Waals surface area contributed by atoms with Gasteiger partial charge >= 0.3 is 6.09 Å². The molecule has 0 radical (unpaired) electrons. The van der Waals surface area contributed by atoms with Gasteiger partial charge in [0.1, 0.15) is 5.82 Å². The smallest absolute Gasteiger partial charge is 0.409 e. The number of rotatable bonds is 3. The Morgan fingerprint density at radius 2 is 2.05 bits per heavy atom. The third-order valence-electron chi connectivity index (χ3n) is 2.96. The van der Waals surface area contributed by atoms with Crippen LogP contribution in [0, 0.1) is 5.82 Å². The van der Waals surface area contributed by atoms with E-state index in [4.69, 9.17) is 16.7 Å². The number of nitrogens with one attached hydrogen (secondary N) is 1. The molecule has 2 rings (SSSR count). The quantitative estimate of drug-likeness (QED) is 0.854. The summed E-state index contributed by atoms with van der Waals surface area (Å²) in [5, 5.41) is 11.2. The molecule has 0 saturated heterocycles. The standard InChI is InChI=1S/C15H13ClFNO2/c1-2-9-3-6-14(18-15(19)20)11(7-9)10-4-5-13(17)12(16)8-10/h3-8,18H,2H2,1H3,(H,19,20). The molecule has 0 aliphatic rings. The van der Waals surface area contributed by atoms with Gasteiger partial charge in [0.25, 0.3) is 0 Å². The van der Waals surface area contributed by atoms with Gasteiger partial charge in [-0.2, -0.15) is 0 Å². The number of carbonyl (C=O) groups is 1. The minimum Gasteiger partial charge on any atom is -0.465 e. The zero-order valence-corrected chi connectivity index (χ0v) is 11.5. The summed E-state index contributed by atoms with van der Waals surface area (Å²) in [4.78, 5) is 10.8. The Hall–Kier alpha value is -2.07. The predicted molar refractivity (Wildman–Crippen MR) is 77.9 cm³/mol. The Balaban J connectivity index is 2.56. The average Bonchev–Trinajstić information content (AvgIpc) is 2.42. The van der Waals surface area contributed by atoms with Gasteiger partial charge in [-0.05, 0) is 41.8 Å². The molecule has 2 aromatic carbocycles. The maximum atomic E-state index is 13.2. The Morgan fingerprint density at radius 1 is 1.30 bits per heavy atom. The normalized spacial score (nSPS) is 10.3. The van der Waals surface area contributed by atoms with Gasteiger partial charge < -0.3 is 5.11 Å². The first-order valence-electron chi connectivity index (χ1n) is 6.09. The second-order valence-electron chi connectivity index (χ2n) is 4.29. The number of hydrogen-bond donors (Lipinski definition) is 2. The summed E-state index contributed by atoms with van der Waals surface area (Å²) in [5.41, 5.74) is 2.83. The van der Waals surface area contributed by atoms with Gasteiger partial charge in [0.05, 0.1) is 10.7 Å². The van der Waals surface area contributed by atoms with Crippen LogP contribution in [0.2, 0.25) is 5.02 Å². The second kappa shape index (κ2) is 5.92. The molecular weight excluding hydrogens is 281 g/mol. The minimum atomic E-state index is -1.15. The zero-order valence-electron chi connectivity index (χ0n) is 10.8. The van der Waals surface area contributed by atoms with Crippen LogP contribution in [0.3, 0.4) is 0 Å². The van der Waals surface area contributed by atoms with E-state index in [1.165, 1.54) is 12.1 Å². The molecule has 0 heterocycles. The van der Waals surface area contributed by atoms with Crippen LogP contribution >= 0.6 is 11.6 Å². The van der Waals surface area contributed by atoms with E-state index in [0.717, 1.165) is 12.0 Å². The molecule has 0 spiro atoms. The molecule has 0 aromatic heterocycles. The molecule has 0 bridgehead atoms. The SMILES string of the molecule is CCc1ccc(NC(=O)O)c(-c2ccc(F)c(Cl)c2)c1. The summed E-state index contributed by atoms with van der Waals surface area (Å²) in [6.07, 6.45) is -0.335. The topological polar surface area (TPSA) is 49.3 Å². The fourth-order valence-electron chi connectivity index (χ4n) is 1.94. The Bertz CT molecular complexity index is 658. The molecule has 1 amide bonds. The number of hydrogen-bond acceptors (Lipinski definition) is 1. The lowest BCUT2D eigenvalue weighted by atomic mass is 10.00. The lowest BCUT2D eigenvalue weighted by molar-refractivity contribution is 0.210. The molecule has 5 heteroatoms. The van der Waals surface area contributed by atoms with Crippen molar-refractivity contribution in [3.05, 3.63) is 52.8 Å². The average molecular weight is 294 g/mol. The van der Waals surface area contributed by atoms with Crippen LogP contribution < -0.4 is 5.32 Å². The van der Waals surface area contributed by atoms with Gasteiger partial charge in [-0.15, -0.1) is 0 Å². The molecule has 104 valence electrons. The van der Waals surface area contributed by atoms with Crippen LogP contribution in [0.15, 0.2) is 36.4 Å². The predicted octanol–water partition coefficient (Wildman–Crippen LogP) is 4.80. The van der Waals surface area contributed by atoms with Crippen molar-refractivity contribution < 1.29 is 14.3 Å². The number of aryl methyl sites for hydroxylation is 1. The summed E-state index contributed by atoms with van der Waals surface area (Å²) in [7, 11) is 0. The molecular formula is C15H13ClFNO2. The number of halogens is 2. The summed E-state index contributed by atoms with van der Waals surface area (Å²) >= 11 is 5.78. The summed E-state index contributed by atoms with van der Waals surface area (Å²) < 4.78 is 13.2. The first kappa shape index (κ1) is 14.3. The maximum absolute atomic E-state index is 13.2. The van der Waals surface area contributed by atoms with Crippen LogP contribution in [0.1, 0.15) is 12.5 Å². The van der Waals surface area contributed by atoms with Gasteiger partial charge in [0.15, 0.2) is 0 Å². The van der Waals surface area contributed by atoms with Crippen molar-refractivity contribution in [1.29, 1.82) is 0 Å². The van der Waals surface area contributed by atoms with Crippen LogP contribution in [-0.2, 0) is 6.42 Å². The first-order valence-corrected chi connectivity index (χ1v) is 6.47. The van der Waals surface area contributed by atoms with Crippen molar-refractivity contribution in [2.45, 2.75) is 13.3 Å². The number of amides is 1. The Kier molecular flexibility index (Phi) is 4.25. The van der Waals surface area contributed by atoms with Crippen molar-refractivity contribution in [2.75, 3.05) is 5.32 Å². The van der Waals surface area contributed by atoms with E-state index in [1.807, 2.05) is 19.1 Å². The molecule has 3 nitrogen and oxygen atoms in total. The highest BCUT2D eigenvalue weighted by Gasteiger charge is 2.10. The Labute approximate surface area is 121 Å². The van der Waals surface area contributed by atoms with Crippen LogP contribution in [0.5, 0.6) is 0 Å². The van der Waals surface area contributed by atoms with Crippen LogP contribution in [0.4, 0.5) is 14.9 Å². The number of benzene rings is 2. The molecule has 0 fully saturated rings. The third kappa shape index (κ3) is 3.08. The third-order valence-corrected chi connectivity index (χ3v) is 3.25. The van der Waals surface area contributed by atoms with Crippen molar-refractivity contribution in [3.63, 3.8) is 0 Å². The van der Waals surface area contributed by atoms with E-state index in [2.05, 4.69) is 5.32 Å². The zero-order chi connectivity index (χ0) is 14.7. The maximum Gasteiger partial charge on any atom is 0.409 e. The first-order chi connectivity index (χ1) is 9.51. The summed E-state index contributed by atoms with van der Waals surface area (Å²) in [6, 6.07) is 9.73. The van der Waals surface area contributed by atoms with Gasteiger partial charge in [-0.1, -0.05) is 30.7 Å². The summed E-state index contributed by atoms with van der Waals surface area (Å²) in [6.45, 7) is 2.00. The van der Waals surface area contributed by atoms with E-state index < -0.39 is 11.9 Å². The number of anilines is 1. The molecule has 2 aromatic rings. The molecule has 0 aliphatic heterocycles. The van der Waals surface area contributed by atoms with Gasteiger partial charge in [-0.3, -0.25) is 5.32 Å². The fourth-order valence-corrected chi connectivity index (χ4v) is 2.12. The van der Waals surface area contributed by atoms with E-state index >= 15 is 0 Å². The largest absolute Gasteiger partial charge is 0.465 e. The van der Waals surface area contributed by atoms with E-state index in [0.29, 0.717) is 16.8 Å². The monoisotopic (exact) mass is 293 g/mol. The van der Waals surface area contributed by atoms with Crippen molar-refractivity contribution >= 4 is 23.4 Å². The van der Waals surface area contributed by atoms with E-state index in [1.54, 1.807) is 12.1 Å². The van der Waals surface area contributed by atoms with Crippen LogP contribution in [0.25, 0.3) is 11.1 Å². The molecule has 0 atom stereocenters. The molecule has 20 heavy (non-hydrogen) atoms. The van der Waals surface area contributed by atoms with Gasteiger partial charge in [-0.25, -0.2) is 9.18 Å². The molecule has 2 N–H and O–H groups in total. The van der Waals surface area contributed by atoms with E-state index in [9.17, 15) is 9.18 Å². The van der Waals surface area contributed by atoms with Crippen molar-refractivity contribution in [3.8, 4) is 11.1 Å². The van der Waals surface area contributed by atoms with Crippen LogP contribution in [-0.4, -0.2) is 11.2 Å². The minimum absolute atomic E-state index is 0.00526. The molecule has 0 unspecified atom stereocenters. The highest BCUT2D eigenvalue weighted by atomic mass is 35.5.